The van der Waals surface area contributed by atoms with Crippen LogP contribution in [0, 0.1) is 5.82 Å². The van der Waals surface area contributed by atoms with Gasteiger partial charge in [-0.1, -0.05) is 0 Å². The number of hydrogen-bond donors (Lipinski definition) is 1. The Balaban J connectivity index is 2.20. The topological polar surface area (TPSA) is 84.9 Å². The summed E-state index contributed by atoms with van der Waals surface area (Å²) in [4.78, 5) is 11.4. The average Bonchev–Trinajstić information content (AvgIpc) is 2.57. The van der Waals surface area contributed by atoms with Gasteiger partial charge in [0.1, 0.15) is 10.7 Å². The summed E-state index contributed by atoms with van der Waals surface area (Å²) in [6.45, 7) is 2.62. The number of hydrogen-bond acceptors (Lipinski definition) is 5. The monoisotopic (exact) mass is 360 g/mol. The molecule has 0 aliphatic carbocycles. The van der Waals surface area contributed by atoms with Gasteiger partial charge in [-0.25, -0.2) is 12.8 Å². The molecular weight excluding hydrogens is 339 g/mol. The van der Waals surface area contributed by atoms with Crippen LogP contribution in [-0.4, -0.2) is 58.1 Å². The smallest absolute Gasteiger partial charge is 0.246 e. The van der Waals surface area contributed by atoms with E-state index >= 15 is 0 Å². The van der Waals surface area contributed by atoms with Gasteiger partial charge in [0.25, 0.3) is 0 Å². The van der Waals surface area contributed by atoms with E-state index in [1.54, 1.807) is 6.92 Å². The number of rotatable bonds is 6. The summed E-state index contributed by atoms with van der Waals surface area (Å²) in [5, 5.41) is 2.56. The van der Waals surface area contributed by atoms with E-state index in [-0.39, 0.29) is 50.4 Å². The second kappa shape index (κ2) is 8.02. The fraction of sp³-hybridized carbons (Fsp3) is 0.533. The van der Waals surface area contributed by atoms with Crippen molar-refractivity contribution in [3.8, 4) is 0 Å². The van der Waals surface area contributed by atoms with E-state index < -0.39 is 20.7 Å². The minimum atomic E-state index is -3.98. The van der Waals surface area contributed by atoms with Crippen LogP contribution in [0.5, 0.6) is 0 Å². The Hall–Kier alpha value is -1.55. The number of ether oxygens (including phenoxy) is 2. The Kier molecular flexibility index (Phi) is 6.27. The third kappa shape index (κ3) is 4.50. The van der Waals surface area contributed by atoms with Gasteiger partial charge in [-0.05, 0) is 25.1 Å². The van der Waals surface area contributed by atoms with Crippen LogP contribution in [0.4, 0.5) is 10.1 Å². The van der Waals surface area contributed by atoms with Gasteiger partial charge in [0.05, 0.1) is 25.7 Å². The lowest BCUT2D eigenvalue weighted by molar-refractivity contribution is -0.118. The van der Waals surface area contributed by atoms with Crippen molar-refractivity contribution in [2.24, 2.45) is 0 Å². The lowest BCUT2D eigenvalue weighted by atomic mass is 10.2. The highest BCUT2D eigenvalue weighted by Gasteiger charge is 2.29. The maximum Gasteiger partial charge on any atom is 0.246 e. The fourth-order valence-corrected chi connectivity index (χ4v) is 3.76. The summed E-state index contributed by atoms with van der Waals surface area (Å²) in [5.74, 6) is -1.20. The molecule has 1 aromatic carbocycles. The van der Waals surface area contributed by atoms with Crippen LogP contribution in [0.25, 0.3) is 0 Å². The largest absolute Gasteiger partial charge is 0.381 e. The van der Waals surface area contributed by atoms with E-state index in [9.17, 15) is 17.6 Å². The first-order valence-electron chi connectivity index (χ1n) is 7.54. The van der Waals surface area contributed by atoms with E-state index in [1.807, 2.05) is 0 Å². The summed E-state index contributed by atoms with van der Waals surface area (Å²) in [5.41, 5.74) is 0.219. The third-order valence-electron chi connectivity index (χ3n) is 3.68. The number of sulfonamides is 1. The van der Waals surface area contributed by atoms with Crippen LogP contribution in [0.2, 0.25) is 0 Å². The number of nitrogens with zero attached hydrogens (tertiary/aromatic N) is 1. The molecule has 1 N–H and O–H groups in total. The first-order chi connectivity index (χ1) is 11.3. The van der Waals surface area contributed by atoms with Crippen molar-refractivity contribution in [2.75, 3.05) is 38.7 Å². The van der Waals surface area contributed by atoms with Crippen molar-refractivity contribution in [2.45, 2.75) is 24.3 Å². The molecule has 1 atom stereocenters. The van der Waals surface area contributed by atoms with Gasteiger partial charge < -0.3 is 14.8 Å². The summed E-state index contributed by atoms with van der Waals surface area (Å²) in [6.07, 6.45) is -0.165. The van der Waals surface area contributed by atoms with Crippen LogP contribution in [-0.2, 0) is 24.3 Å². The van der Waals surface area contributed by atoms with Gasteiger partial charge in [-0.2, -0.15) is 4.31 Å². The molecule has 1 fully saturated rings. The molecule has 1 amide bonds. The number of benzene rings is 1. The molecule has 134 valence electrons. The minimum absolute atomic E-state index is 0.111. The van der Waals surface area contributed by atoms with Crippen molar-refractivity contribution >= 4 is 21.6 Å². The highest BCUT2D eigenvalue weighted by atomic mass is 32.2. The molecule has 7 nitrogen and oxygen atoms in total. The predicted molar refractivity (Wildman–Crippen MR) is 85.7 cm³/mol. The predicted octanol–water partition coefficient (Wildman–Crippen LogP) is 1.21. The molecule has 0 radical (unpaired) electrons. The number of carbonyl (C=O) groups excluding carboxylic acids is 1. The maximum absolute atomic E-state index is 14.1. The van der Waals surface area contributed by atoms with E-state index in [2.05, 4.69) is 5.32 Å². The summed E-state index contributed by atoms with van der Waals surface area (Å²) < 4.78 is 50.5. The lowest BCUT2D eigenvalue weighted by Gasteiger charge is -2.26. The number of anilines is 1. The van der Waals surface area contributed by atoms with Crippen molar-refractivity contribution < 1.29 is 27.1 Å². The second-order valence-electron chi connectivity index (χ2n) is 5.46. The number of halogens is 1. The molecule has 1 heterocycles. The normalized spacial score (nSPS) is 17.5. The van der Waals surface area contributed by atoms with Crippen molar-refractivity contribution in [3.05, 3.63) is 24.0 Å². The number of carbonyl (C=O) groups is 1. The van der Waals surface area contributed by atoms with Crippen LogP contribution in [0.15, 0.2) is 23.1 Å². The molecule has 1 aliphatic rings. The zero-order valence-corrected chi connectivity index (χ0v) is 14.4. The number of morpholine rings is 1. The summed E-state index contributed by atoms with van der Waals surface area (Å²) in [7, 11) is -2.49. The number of nitrogens with one attached hydrogen (secondary N) is 1. The third-order valence-corrected chi connectivity index (χ3v) is 5.59. The van der Waals surface area contributed by atoms with E-state index in [0.717, 1.165) is 12.1 Å². The van der Waals surface area contributed by atoms with E-state index in [0.29, 0.717) is 0 Å². The van der Waals surface area contributed by atoms with E-state index in [4.69, 9.17) is 9.47 Å². The van der Waals surface area contributed by atoms with Crippen LogP contribution < -0.4 is 5.32 Å². The van der Waals surface area contributed by atoms with Gasteiger partial charge in [0, 0.05) is 25.9 Å². The molecule has 9 heteroatoms. The standard InChI is InChI=1S/C15H21FN2O5S/c1-11(22-2)9-15(19)17-12-3-4-13(16)14(10-12)24(20,21)18-5-7-23-8-6-18/h3-4,10-11H,5-9H2,1-2H3,(H,17,19). The van der Waals surface area contributed by atoms with E-state index in [1.165, 1.54) is 17.5 Å². The minimum Gasteiger partial charge on any atom is -0.381 e. The zero-order valence-electron chi connectivity index (χ0n) is 13.6. The molecule has 24 heavy (non-hydrogen) atoms. The number of amides is 1. The van der Waals surface area contributed by atoms with Gasteiger partial charge in [-0.3, -0.25) is 4.79 Å². The first kappa shape index (κ1) is 18.8. The Bertz CT molecular complexity index is 689. The highest BCUT2D eigenvalue weighted by Crippen LogP contribution is 2.24. The van der Waals surface area contributed by atoms with Crippen molar-refractivity contribution in [1.29, 1.82) is 0 Å². The second-order valence-corrected chi connectivity index (χ2v) is 7.37. The van der Waals surface area contributed by atoms with Crippen LogP contribution >= 0.6 is 0 Å². The maximum atomic E-state index is 14.1. The number of methoxy groups -OCH3 is 1. The Labute approximate surface area is 140 Å². The molecule has 0 bridgehead atoms. The molecular formula is C15H21FN2O5S. The molecule has 1 aromatic rings. The van der Waals surface area contributed by atoms with Gasteiger partial charge in [0.15, 0.2) is 0 Å². The zero-order chi connectivity index (χ0) is 17.7. The molecule has 1 saturated heterocycles. The van der Waals surface area contributed by atoms with Crippen LogP contribution in [0.3, 0.4) is 0 Å². The Morgan fingerprint density at radius 1 is 1.42 bits per heavy atom. The average molecular weight is 360 g/mol. The van der Waals surface area contributed by atoms with Gasteiger partial charge in [-0.15, -0.1) is 0 Å². The van der Waals surface area contributed by atoms with Crippen molar-refractivity contribution in [3.63, 3.8) is 0 Å². The summed E-state index contributed by atoms with van der Waals surface area (Å²) in [6, 6.07) is 3.49. The van der Waals surface area contributed by atoms with Gasteiger partial charge >= 0.3 is 0 Å². The lowest BCUT2D eigenvalue weighted by Crippen LogP contribution is -2.40. The fourth-order valence-electron chi connectivity index (χ4n) is 2.26. The Morgan fingerprint density at radius 3 is 2.71 bits per heavy atom. The Morgan fingerprint density at radius 2 is 2.08 bits per heavy atom. The van der Waals surface area contributed by atoms with Crippen LogP contribution in [0.1, 0.15) is 13.3 Å². The molecule has 0 spiro atoms. The molecule has 1 unspecified atom stereocenters. The quantitative estimate of drug-likeness (QED) is 0.824. The van der Waals surface area contributed by atoms with Crippen molar-refractivity contribution in [1.82, 2.24) is 4.31 Å². The molecule has 0 aromatic heterocycles. The molecule has 1 aliphatic heterocycles. The summed E-state index contributed by atoms with van der Waals surface area (Å²) >= 11 is 0. The first-order valence-corrected chi connectivity index (χ1v) is 8.98. The highest BCUT2D eigenvalue weighted by molar-refractivity contribution is 7.89. The molecule has 0 saturated carbocycles. The molecule has 2 rings (SSSR count). The SMILES string of the molecule is COC(C)CC(=O)Nc1ccc(F)c(S(=O)(=O)N2CCOCC2)c1. The van der Waals surface area contributed by atoms with Gasteiger partial charge in [0.2, 0.25) is 15.9 Å².